The first-order chi connectivity index (χ1) is 13.5. The number of carboxylic acid groups (broad SMARTS) is 1. The first-order valence-electron chi connectivity index (χ1n) is 8.67. The molecule has 28 heavy (non-hydrogen) atoms. The molecular weight excluding hydrogens is 363 g/mol. The fourth-order valence-corrected chi connectivity index (χ4v) is 3.66. The van der Waals surface area contributed by atoms with Gasteiger partial charge in [0.15, 0.2) is 0 Å². The van der Waals surface area contributed by atoms with Crippen LogP contribution in [-0.4, -0.2) is 28.7 Å². The minimum Gasteiger partial charge on any atom is -0.496 e. The van der Waals surface area contributed by atoms with Crippen LogP contribution in [0.1, 0.15) is 34.0 Å². The lowest BCUT2D eigenvalue weighted by Crippen LogP contribution is -2.25. The van der Waals surface area contributed by atoms with Crippen molar-refractivity contribution >= 4 is 17.6 Å². The lowest BCUT2D eigenvalue weighted by Gasteiger charge is -2.27. The first-order valence-corrected chi connectivity index (χ1v) is 8.67. The van der Waals surface area contributed by atoms with E-state index in [9.17, 15) is 19.1 Å². The van der Waals surface area contributed by atoms with Crippen molar-refractivity contribution in [2.45, 2.75) is 12.3 Å². The maximum Gasteiger partial charge on any atom is 0.339 e. The third-order valence-electron chi connectivity index (χ3n) is 4.88. The SMILES string of the molecule is COc1ccccc1C1CC(=O)Nc2c(C(=O)O)cn(-c3ccc(F)cc3)c21. The second-order valence-electron chi connectivity index (χ2n) is 6.50. The molecule has 7 heteroatoms. The summed E-state index contributed by atoms with van der Waals surface area (Å²) in [5.41, 5.74) is 2.23. The van der Waals surface area contributed by atoms with Crippen molar-refractivity contribution in [3.05, 3.63) is 77.4 Å². The zero-order valence-corrected chi connectivity index (χ0v) is 15.0. The van der Waals surface area contributed by atoms with E-state index in [0.29, 0.717) is 17.1 Å². The van der Waals surface area contributed by atoms with Gasteiger partial charge in [-0.2, -0.15) is 0 Å². The number of nitrogens with one attached hydrogen (secondary N) is 1. The van der Waals surface area contributed by atoms with Gasteiger partial charge in [-0.25, -0.2) is 9.18 Å². The van der Waals surface area contributed by atoms with Crippen molar-refractivity contribution in [2.75, 3.05) is 12.4 Å². The molecule has 4 rings (SSSR count). The Morgan fingerprint density at radius 1 is 1.21 bits per heavy atom. The number of nitrogens with zero attached hydrogens (tertiary/aromatic N) is 1. The summed E-state index contributed by atoms with van der Waals surface area (Å²) in [5, 5.41) is 12.3. The zero-order valence-electron chi connectivity index (χ0n) is 15.0. The molecule has 2 heterocycles. The molecule has 0 saturated heterocycles. The highest BCUT2D eigenvalue weighted by Gasteiger charge is 2.35. The Hall–Kier alpha value is -3.61. The summed E-state index contributed by atoms with van der Waals surface area (Å²) in [5.74, 6) is -1.63. The number of anilines is 1. The van der Waals surface area contributed by atoms with Gasteiger partial charge in [0.1, 0.15) is 17.1 Å². The Kier molecular flexibility index (Phi) is 4.35. The number of carboxylic acids is 1. The van der Waals surface area contributed by atoms with E-state index >= 15 is 0 Å². The van der Waals surface area contributed by atoms with Crippen LogP contribution in [0.4, 0.5) is 10.1 Å². The number of ether oxygens (including phenoxy) is 1. The van der Waals surface area contributed by atoms with E-state index in [0.717, 1.165) is 5.56 Å². The fraction of sp³-hybridized carbons (Fsp3) is 0.143. The van der Waals surface area contributed by atoms with Crippen LogP contribution >= 0.6 is 0 Å². The van der Waals surface area contributed by atoms with Crippen LogP contribution in [0.25, 0.3) is 5.69 Å². The van der Waals surface area contributed by atoms with E-state index in [1.165, 1.54) is 18.3 Å². The summed E-state index contributed by atoms with van der Waals surface area (Å²) in [7, 11) is 1.55. The highest BCUT2D eigenvalue weighted by atomic mass is 19.1. The largest absolute Gasteiger partial charge is 0.496 e. The lowest BCUT2D eigenvalue weighted by atomic mass is 9.87. The molecule has 1 unspecified atom stereocenters. The van der Waals surface area contributed by atoms with Crippen molar-refractivity contribution in [3.63, 3.8) is 0 Å². The van der Waals surface area contributed by atoms with Gasteiger partial charge < -0.3 is 19.7 Å². The Morgan fingerprint density at radius 3 is 2.61 bits per heavy atom. The number of amides is 1. The molecule has 1 aliphatic heterocycles. The van der Waals surface area contributed by atoms with Crippen LogP contribution in [0, 0.1) is 5.82 Å². The summed E-state index contributed by atoms with van der Waals surface area (Å²) >= 11 is 0. The molecule has 6 nitrogen and oxygen atoms in total. The normalized spacial score (nSPS) is 15.6. The zero-order chi connectivity index (χ0) is 19.8. The Morgan fingerprint density at radius 2 is 1.93 bits per heavy atom. The van der Waals surface area contributed by atoms with Gasteiger partial charge in [-0.05, 0) is 30.3 Å². The predicted octanol–water partition coefficient (Wildman–Crippen LogP) is 3.80. The number of fused-ring (bicyclic) bond motifs is 1. The molecule has 0 saturated carbocycles. The van der Waals surface area contributed by atoms with Gasteiger partial charge in [-0.15, -0.1) is 0 Å². The monoisotopic (exact) mass is 380 g/mol. The molecule has 2 aromatic carbocycles. The quantitative estimate of drug-likeness (QED) is 0.722. The topological polar surface area (TPSA) is 80.6 Å². The minimum atomic E-state index is -1.15. The molecule has 0 fully saturated rings. The van der Waals surface area contributed by atoms with Crippen molar-refractivity contribution < 1.29 is 23.8 Å². The number of benzene rings is 2. The number of para-hydroxylation sites is 1. The van der Waals surface area contributed by atoms with Crippen LogP contribution < -0.4 is 10.1 Å². The molecule has 1 atom stereocenters. The van der Waals surface area contributed by atoms with Crippen molar-refractivity contribution in [1.29, 1.82) is 0 Å². The lowest BCUT2D eigenvalue weighted by molar-refractivity contribution is -0.116. The number of methoxy groups -OCH3 is 1. The van der Waals surface area contributed by atoms with E-state index in [-0.39, 0.29) is 23.6 Å². The number of rotatable bonds is 4. The van der Waals surface area contributed by atoms with Gasteiger partial charge in [0.2, 0.25) is 5.91 Å². The smallest absolute Gasteiger partial charge is 0.339 e. The first kappa shape index (κ1) is 17.8. The van der Waals surface area contributed by atoms with Crippen molar-refractivity contribution in [2.24, 2.45) is 0 Å². The molecule has 142 valence electrons. The van der Waals surface area contributed by atoms with Crippen LogP contribution in [0.3, 0.4) is 0 Å². The molecule has 0 bridgehead atoms. The summed E-state index contributed by atoms with van der Waals surface area (Å²) in [6, 6.07) is 13.1. The molecule has 3 aromatic rings. The van der Waals surface area contributed by atoms with Gasteiger partial charge in [-0.3, -0.25) is 4.79 Å². The molecule has 0 aliphatic carbocycles. The number of aromatic carboxylic acids is 1. The van der Waals surface area contributed by atoms with E-state index in [2.05, 4.69) is 5.32 Å². The van der Waals surface area contributed by atoms with E-state index in [4.69, 9.17) is 4.74 Å². The summed E-state index contributed by atoms with van der Waals surface area (Å²) in [6.45, 7) is 0. The van der Waals surface area contributed by atoms with Gasteiger partial charge >= 0.3 is 5.97 Å². The minimum absolute atomic E-state index is 0.0210. The predicted molar refractivity (Wildman–Crippen MR) is 101 cm³/mol. The highest BCUT2D eigenvalue weighted by Crippen LogP contribution is 2.44. The molecule has 1 amide bonds. The molecule has 0 radical (unpaired) electrons. The van der Waals surface area contributed by atoms with Gasteiger partial charge in [0, 0.05) is 29.8 Å². The third kappa shape index (κ3) is 2.90. The number of aromatic nitrogens is 1. The summed E-state index contributed by atoms with van der Waals surface area (Å²) < 4.78 is 20.5. The Balaban J connectivity index is 1.98. The van der Waals surface area contributed by atoms with Crippen LogP contribution in [0.15, 0.2) is 54.7 Å². The van der Waals surface area contributed by atoms with Crippen molar-refractivity contribution in [3.8, 4) is 11.4 Å². The summed E-state index contributed by atoms with van der Waals surface area (Å²) in [4.78, 5) is 24.2. The molecular formula is C21H17FN2O4. The molecule has 2 N–H and O–H groups in total. The number of carbonyl (C=O) groups excluding carboxylic acids is 1. The standard InChI is InChI=1S/C21H17FN2O4/c1-28-17-5-3-2-4-14(17)15-10-18(25)23-19-16(21(26)27)11-24(20(15)19)13-8-6-12(22)7-9-13/h2-9,11,15H,10H2,1H3,(H,23,25)(H,26,27). The average molecular weight is 380 g/mol. The van der Waals surface area contributed by atoms with Gasteiger partial charge in [-0.1, -0.05) is 18.2 Å². The Bertz CT molecular complexity index is 1070. The Labute approximate surface area is 160 Å². The fourth-order valence-electron chi connectivity index (χ4n) is 3.66. The highest BCUT2D eigenvalue weighted by molar-refractivity contribution is 6.04. The van der Waals surface area contributed by atoms with Gasteiger partial charge in [0.25, 0.3) is 0 Å². The second kappa shape index (κ2) is 6.84. The number of hydrogen-bond donors (Lipinski definition) is 2. The summed E-state index contributed by atoms with van der Waals surface area (Å²) in [6.07, 6.45) is 1.59. The average Bonchev–Trinajstić information content (AvgIpc) is 3.07. The molecule has 1 aliphatic rings. The van der Waals surface area contributed by atoms with E-state index in [1.54, 1.807) is 29.9 Å². The number of halogens is 1. The molecule has 0 spiro atoms. The van der Waals surface area contributed by atoms with E-state index in [1.807, 2.05) is 18.2 Å². The van der Waals surface area contributed by atoms with Gasteiger partial charge in [0.05, 0.1) is 18.5 Å². The van der Waals surface area contributed by atoms with Crippen molar-refractivity contribution in [1.82, 2.24) is 4.57 Å². The maximum absolute atomic E-state index is 13.4. The number of hydrogen-bond acceptors (Lipinski definition) is 3. The van der Waals surface area contributed by atoms with E-state index < -0.39 is 17.7 Å². The second-order valence-corrected chi connectivity index (χ2v) is 6.50. The molecule has 1 aromatic heterocycles. The van der Waals surface area contributed by atoms with Crippen LogP contribution in [-0.2, 0) is 4.79 Å². The van der Waals surface area contributed by atoms with Crippen LogP contribution in [0.5, 0.6) is 5.75 Å². The maximum atomic E-state index is 13.4. The van der Waals surface area contributed by atoms with Crippen LogP contribution in [0.2, 0.25) is 0 Å². The number of carbonyl (C=O) groups is 2. The third-order valence-corrected chi connectivity index (χ3v) is 4.88.